The Bertz CT molecular complexity index is 1690. The van der Waals surface area contributed by atoms with Crippen molar-refractivity contribution in [2.24, 2.45) is 5.73 Å². The van der Waals surface area contributed by atoms with E-state index in [2.05, 4.69) is 10.2 Å². The molecule has 4 aromatic rings. The van der Waals surface area contributed by atoms with Crippen molar-refractivity contribution in [3.63, 3.8) is 0 Å². The lowest BCUT2D eigenvalue weighted by Gasteiger charge is -2.32. The summed E-state index contributed by atoms with van der Waals surface area (Å²) in [5, 5.41) is 2.30. The molecule has 0 spiro atoms. The maximum Gasteiger partial charge on any atom is 0.250 e. The number of benzene rings is 3. The number of halogens is 1. The highest BCUT2D eigenvalue weighted by Crippen LogP contribution is 2.33. The number of piperidine rings is 2. The minimum absolute atomic E-state index is 0.208. The van der Waals surface area contributed by atoms with Gasteiger partial charge < -0.3 is 10.5 Å². The van der Waals surface area contributed by atoms with Crippen LogP contribution in [0, 0.1) is 5.82 Å². The highest BCUT2D eigenvalue weighted by molar-refractivity contribution is 6.01. The van der Waals surface area contributed by atoms with E-state index in [1.54, 1.807) is 12.1 Å². The van der Waals surface area contributed by atoms with E-state index in [4.69, 9.17) is 15.5 Å². The molecule has 2 saturated heterocycles. The van der Waals surface area contributed by atoms with Crippen molar-refractivity contribution in [1.29, 1.82) is 0 Å². The van der Waals surface area contributed by atoms with Crippen molar-refractivity contribution < 1.29 is 23.5 Å². The summed E-state index contributed by atoms with van der Waals surface area (Å²) in [6.07, 6.45) is 2.26. The summed E-state index contributed by atoms with van der Waals surface area (Å²) in [6.45, 7) is 2.21. The number of nitrogens with one attached hydrogen (secondary N) is 1. The van der Waals surface area contributed by atoms with Gasteiger partial charge in [0.1, 0.15) is 17.3 Å². The SMILES string of the molecule is NC(=O)c1ccc(C2CCN(Cc3ccc(C4CCC(=O)NC4=O)c(F)c3)CC2)nc1-c1ccc(Oc2ccccc2)cc1. The molecule has 2 aliphatic rings. The van der Waals surface area contributed by atoms with Crippen LogP contribution in [0.1, 0.15) is 64.7 Å². The Labute approximate surface area is 255 Å². The zero-order valence-corrected chi connectivity index (χ0v) is 24.2. The number of pyridine rings is 1. The van der Waals surface area contributed by atoms with Crippen LogP contribution < -0.4 is 15.8 Å². The van der Waals surface area contributed by atoms with Gasteiger partial charge in [-0.3, -0.25) is 29.6 Å². The van der Waals surface area contributed by atoms with E-state index in [-0.39, 0.29) is 18.2 Å². The smallest absolute Gasteiger partial charge is 0.250 e. The molecule has 0 radical (unpaired) electrons. The molecule has 3 heterocycles. The number of carbonyl (C=O) groups excluding carboxylic acids is 3. The molecule has 3 N–H and O–H groups in total. The monoisotopic (exact) mass is 592 g/mol. The number of aromatic nitrogens is 1. The summed E-state index contributed by atoms with van der Waals surface area (Å²) in [5.74, 6) is -0.730. The van der Waals surface area contributed by atoms with Crippen LogP contribution in [0.25, 0.3) is 11.3 Å². The lowest BCUT2D eigenvalue weighted by Crippen LogP contribution is -2.39. The van der Waals surface area contributed by atoms with E-state index in [0.29, 0.717) is 35.5 Å². The zero-order valence-electron chi connectivity index (χ0n) is 24.2. The minimum Gasteiger partial charge on any atom is -0.457 e. The van der Waals surface area contributed by atoms with E-state index in [1.165, 1.54) is 6.07 Å². The fraction of sp³-hybridized carbons (Fsp3) is 0.257. The van der Waals surface area contributed by atoms with E-state index in [1.807, 2.05) is 66.7 Å². The summed E-state index contributed by atoms with van der Waals surface area (Å²) in [7, 11) is 0. The molecule has 3 aromatic carbocycles. The number of primary amides is 1. The number of rotatable bonds is 8. The second-order valence-electron chi connectivity index (χ2n) is 11.3. The highest BCUT2D eigenvalue weighted by atomic mass is 19.1. The van der Waals surface area contributed by atoms with Crippen LogP contribution >= 0.6 is 0 Å². The number of likely N-dealkylation sites (tertiary alicyclic amines) is 1. The average Bonchev–Trinajstić information content (AvgIpc) is 3.03. The molecule has 0 aliphatic carbocycles. The summed E-state index contributed by atoms with van der Waals surface area (Å²) in [6, 6.07) is 25.6. The molecular formula is C35H33FN4O4. The molecule has 0 bridgehead atoms. The normalized spacial score (nSPS) is 17.7. The Morgan fingerprint density at radius 3 is 2.34 bits per heavy atom. The summed E-state index contributed by atoms with van der Waals surface area (Å²) in [4.78, 5) is 43.1. The van der Waals surface area contributed by atoms with Gasteiger partial charge in [0.05, 0.1) is 17.2 Å². The maximum absolute atomic E-state index is 15.0. The predicted molar refractivity (Wildman–Crippen MR) is 163 cm³/mol. The van der Waals surface area contributed by atoms with Gasteiger partial charge in [-0.25, -0.2) is 4.39 Å². The fourth-order valence-electron chi connectivity index (χ4n) is 6.01. The molecule has 224 valence electrons. The predicted octanol–water partition coefficient (Wildman–Crippen LogP) is 5.68. The van der Waals surface area contributed by atoms with Gasteiger partial charge in [-0.05, 0) is 92.5 Å². The Morgan fingerprint density at radius 2 is 1.66 bits per heavy atom. The molecule has 3 amide bonds. The van der Waals surface area contributed by atoms with Crippen molar-refractivity contribution in [3.8, 4) is 22.8 Å². The Hall–Kier alpha value is -4.89. The lowest BCUT2D eigenvalue weighted by molar-refractivity contribution is -0.134. The number of ether oxygens (including phenoxy) is 1. The van der Waals surface area contributed by atoms with E-state index in [0.717, 1.165) is 48.5 Å². The van der Waals surface area contributed by atoms with Crippen LogP contribution in [0.15, 0.2) is 84.9 Å². The number of carbonyl (C=O) groups is 3. The summed E-state index contributed by atoms with van der Waals surface area (Å²) < 4.78 is 20.9. The minimum atomic E-state index is -0.642. The topological polar surface area (TPSA) is 115 Å². The third-order valence-corrected chi connectivity index (χ3v) is 8.38. The second kappa shape index (κ2) is 12.8. The molecular weight excluding hydrogens is 559 g/mol. The van der Waals surface area contributed by atoms with Crippen molar-refractivity contribution in [2.45, 2.75) is 44.1 Å². The standard InChI is InChI=1S/C35H33FN4O4/c36-30-20-22(6-11-27(30)28-13-15-32(41)39-35(28)43)21-40-18-16-23(17-19-40)31-14-12-29(34(37)42)33(38-31)24-7-9-26(10-8-24)44-25-4-2-1-3-5-25/h1-12,14,20,23,28H,13,15-19,21H2,(H2,37,42)(H,39,41,43). The van der Waals surface area contributed by atoms with Gasteiger partial charge in [-0.1, -0.05) is 30.3 Å². The molecule has 44 heavy (non-hydrogen) atoms. The van der Waals surface area contributed by atoms with Crippen molar-refractivity contribution >= 4 is 17.7 Å². The number of imide groups is 1. The molecule has 8 nitrogen and oxygen atoms in total. The van der Waals surface area contributed by atoms with Gasteiger partial charge >= 0.3 is 0 Å². The van der Waals surface area contributed by atoms with Gasteiger partial charge in [0.2, 0.25) is 11.8 Å². The number of hydrogen-bond acceptors (Lipinski definition) is 6. The zero-order chi connectivity index (χ0) is 30.6. The molecule has 1 unspecified atom stereocenters. The third-order valence-electron chi connectivity index (χ3n) is 8.38. The largest absolute Gasteiger partial charge is 0.457 e. The molecule has 1 aromatic heterocycles. The van der Waals surface area contributed by atoms with Gasteiger partial charge in [-0.15, -0.1) is 0 Å². The number of para-hydroxylation sites is 1. The Morgan fingerprint density at radius 1 is 0.932 bits per heavy atom. The number of amides is 3. The highest BCUT2D eigenvalue weighted by Gasteiger charge is 2.30. The van der Waals surface area contributed by atoms with Crippen molar-refractivity contribution in [1.82, 2.24) is 15.2 Å². The molecule has 1 atom stereocenters. The van der Waals surface area contributed by atoms with E-state index >= 15 is 0 Å². The average molecular weight is 593 g/mol. The van der Waals surface area contributed by atoms with E-state index in [9.17, 15) is 18.8 Å². The maximum atomic E-state index is 15.0. The van der Waals surface area contributed by atoms with Crippen molar-refractivity contribution in [2.75, 3.05) is 13.1 Å². The fourth-order valence-corrected chi connectivity index (χ4v) is 6.01. The lowest BCUT2D eigenvalue weighted by atomic mass is 9.89. The van der Waals surface area contributed by atoms with Gasteiger partial charge in [0, 0.05) is 35.7 Å². The summed E-state index contributed by atoms with van der Waals surface area (Å²) >= 11 is 0. The van der Waals surface area contributed by atoms with Crippen LogP contribution in [0.5, 0.6) is 11.5 Å². The first-order chi connectivity index (χ1) is 21.3. The first kappa shape index (κ1) is 29.2. The van der Waals surface area contributed by atoms with Crippen molar-refractivity contribution in [3.05, 3.63) is 113 Å². The van der Waals surface area contributed by atoms with Gasteiger partial charge in [0.25, 0.3) is 5.91 Å². The van der Waals surface area contributed by atoms with Gasteiger partial charge in [0.15, 0.2) is 0 Å². The quantitative estimate of drug-likeness (QED) is 0.255. The molecule has 9 heteroatoms. The molecule has 2 fully saturated rings. The molecule has 2 aliphatic heterocycles. The first-order valence-corrected chi connectivity index (χ1v) is 14.8. The van der Waals surface area contributed by atoms with Crippen LogP contribution in [0.3, 0.4) is 0 Å². The van der Waals surface area contributed by atoms with Crippen LogP contribution in [-0.2, 0) is 16.1 Å². The Kier molecular flexibility index (Phi) is 8.47. The van der Waals surface area contributed by atoms with Gasteiger partial charge in [-0.2, -0.15) is 0 Å². The molecule has 6 rings (SSSR count). The number of nitrogens with two attached hydrogens (primary N) is 1. The van der Waals surface area contributed by atoms with Crippen LogP contribution in [-0.4, -0.2) is 40.7 Å². The summed E-state index contributed by atoms with van der Waals surface area (Å²) in [5.41, 5.74) is 9.48. The number of nitrogens with zero attached hydrogens (tertiary/aromatic N) is 2. The first-order valence-electron chi connectivity index (χ1n) is 14.8. The van der Waals surface area contributed by atoms with Crippen LogP contribution in [0.4, 0.5) is 4.39 Å². The van der Waals surface area contributed by atoms with Crippen LogP contribution in [0.2, 0.25) is 0 Å². The Balaban J connectivity index is 1.11. The molecule has 0 saturated carbocycles. The number of hydrogen-bond donors (Lipinski definition) is 2. The second-order valence-corrected chi connectivity index (χ2v) is 11.3. The third kappa shape index (κ3) is 6.53. The van der Waals surface area contributed by atoms with E-state index < -0.39 is 23.5 Å².